The molecule has 0 unspecified atom stereocenters. The number of benzene rings is 2. The zero-order valence-corrected chi connectivity index (χ0v) is 16.8. The molecule has 3 nitrogen and oxygen atoms in total. The van der Waals surface area contributed by atoms with E-state index in [4.69, 9.17) is 5.73 Å². The van der Waals surface area contributed by atoms with Gasteiger partial charge in [0.2, 0.25) is 0 Å². The van der Waals surface area contributed by atoms with Gasteiger partial charge in [-0.1, -0.05) is 50.2 Å². The van der Waals surface area contributed by atoms with Gasteiger partial charge < -0.3 is 5.73 Å². The van der Waals surface area contributed by atoms with Gasteiger partial charge >= 0.3 is 0 Å². The molecular weight excluding hydrogens is 433 g/mol. The summed E-state index contributed by atoms with van der Waals surface area (Å²) in [6.45, 7) is 4.49. The van der Waals surface area contributed by atoms with E-state index in [9.17, 15) is 5.26 Å². The number of nitrogens with two attached hydrogens (primary N) is 1. The summed E-state index contributed by atoms with van der Waals surface area (Å²) >= 11 is 2.29. The highest BCUT2D eigenvalue weighted by Gasteiger charge is 2.34. The normalized spacial score (nSPS) is 14.2. The molecule has 2 N–H and O–H groups in total. The van der Waals surface area contributed by atoms with Gasteiger partial charge in [-0.3, -0.25) is 0 Å². The first-order chi connectivity index (χ1) is 12.4. The predicted molar refractivity (Wildman–Crippen MR) is 114 cm³/mol. The molecule has 4 heteroatoms. The number of fused-ring (bicyclic) bond motifs is 3. The molecule has 0 bridgehead atoms. The Morgan fingerprint density at radius 2 is 1.81 bits per heavy atom. The van der Waals surface area contributed by atoms with Crippen LogP contribution in [-0.2, 0) is 11.8 Å². The van der Waals surface area contributed by atoms with Crippen molar-refractivity contribution >= 4 is 28.4 Å². The summed E-state index contributed by atoms with van der Waals surface area (Å²) in [6.07, 6.45) is 0.822. The number of aromatic nitrogens is 1. The molecule has 1 heterocycles. The van der Waals surface area contributed by atoms with Crippen LogP contribution in [0.3, 0.4) is 0 Å². The number of halogens is 1. The summed E-state index contributed by atoms with van der Waals surface area (Å²) in [5.41, 5.74) is 13.0. The van der Waals surface area contributed by atoms with Gasteiger partial charge in [0.15, 0.2) is 0 Å². The van der Waals surface area contributed by atoms with Gasteiger partial charge in [-0.25, -0.2) is 4.98 Å². The molecular formula is C22H18IN3. The molecule has 0 spiro atoms. The van der Waals surface area contributed by atoms with Crippen LogP contribution in [0.2, 0.25) is 0 Å². The first-order valence-electron chi connectivity index (χ1n) is 8.50. The zero-order chi connectivity index (χ0) is 18.5. The SMILES string of the molecule is CC1(C)Cc2c(nc(N)c(C#N)c2-c2ccc(I)cc2)-c2ccccc21. The van der Waals surface area contributed by atoms with Gasteiger partial charge in [0.05, 0.1) is 5.69 Å². The highest BCUT2D eigenvalue weighted by molar-refractivity contribution is 14.1. The quantitative estimate of drug-likeness (QED) is 0.511. The van der Waals surface area contributed by atoms with Crippen molar-refractivity contribution in [2.24, 2.45) is 0 Å². The van der Waals surface area contributed by atoms with Crippen LogP contribution in [0.15, 0.2) is 48.5 Å². The second-order valence-electron chi connectivity index (χ2n) is 7.30. The molecule has 0 saturated heterocycles. The zero-order valence-electron chi connectivity index (χ0n) is 14.7. The third kappa shape index (κ3) is 2.58. The second-order valence-corrected chi connectivity index (χ2v) is 8.54. The lowest BCUT2D eigenvalue weighted by Crippen LogP contribution is -2.27. The van der Waals surface area contributed by atoms with Crippen molar-refractivity contribution in [3.63, 3.8) is 0 Å². The molecule has 26 heavy (non-hydrogen) atoms. The molecule has 0 amide bonds. The number of nitrogens with zero attached hydrogens (tertiary/aromatic N) is 2. The van der Waals surface area contributed by atoms with Gasteiger partial charge in [-0.2, -0.15) is 5.26 Å². The first-order valence-corrected chi connectivity index (χ1v) is 9.58. The molecule has 0 saturated carbocycles. The maximum atomic E-state index is 9.77. The van der Waals surface area contributed by atoms with E-state index in [1.54, 1.807) is 0 Å². The highest BCUT2D eigenvalue weighted by atomic mass is 127. The lowest BCUT2D eigenvalue weighted by molar-refractivity contribution is 0.516. The summed E-state index contributed by atoms with van der Waals surface area (Å²) in [7, 11) is 0. The van der Waals surface area contributed by atoms with E-state index in [1.807, 2.05) is 6.07 Å². The average Bonchev–Trinajstić information content (AvgIpc) is 2.62. The van der Waals surface area contributed by atoms with Crippen LogP contribution in [0, 0.1) is 14.9 Å². The number of pyridine rings is 1. The van der Waals surface area contributed by atoms with Crippen molar-refractivity contribution in [2.45, 2.75) is 25.7 Å². The van der Waals surface area contributed by atoms with Crippen LogP contribution in [0.1, 0.15) is 30.5 Å². The van der Waals surface area contributed by atoms with Crippen LogP contribution < -0.4 is 5.73 Å². The minimum Gasteiger partial charge on any atom is -0.383 e. The Kier molecular flexibility index (Phi) is 4.00. The Labute approximate surface area is 167 Å². The minimum atomic E-state index is -0.0356. The van der Waals surface area contributed by atoms with E-state index in [2.05, 4.69) is 90.0 Å². The lowest BCUT2D eigenvalue weighted by Gasteiger charge is -2.35. The fraction of sp³-hybridized carbons (Fsp3) is 0.182. The second kappa shape index (κ2) is 6.10. The molecule has 1 aromatic heterocycles. The number of hydrogen-bond acceptors (Lipinski definition) is 3. The molecule has 0 fully saturated rings. The van der Waals surface area contributed by atoms with E-state index in [-0.39, 0.29) is 5.41 Å². The molecule has 4 rings (SSSR count). The van der Waals surface area contributed by atoms with Crippen molar-refractivity contribution < 1.29 is 0 Å². The highest BCUT2D eigenvalue weighted by Crippen LogP contribution is 2.47. The largest absolute Gasteiger partial charge is 0.383 e. The van der Waals surface area contributed by atoms with Gasteiger partial charge in [-0.05, 0) is 63.2 Å². The standard InChI is InChI=1S/C22H18IN3/c1-22(2)11-16-19(13-7-9-14(23)10-8-13)17(12-24)21(25)26-20(16)15-5-3-4-6-18(15)22/h3-10H,11H2,1-2H3,(H2,25,26). The van der Waals surface area contributed by atoms with Gasteiger partial charge in [0, 0.05) is 14.7 Å². The molecule has 0 atom stereocenters. The summed E-state index contributed by atoms with van der Waals surface area (Å²) < 4.78 is 1.16. The molecule has 3 aromatic rings. The van der Waals surface area contributed by atoms with Crippen molar-refractivity contribution in [1.82, 2.24) is 4.98 Å². The minimum absolute atomic E-state index is 0.0356. The van der Waals surface area contributed by atoms with E-state index < -0.39 is 0 Å². The van der Waals surface area contributed by atoms with Crippen molar-refractivity contribution in [3.05, 3.63) is 68.8 Å². The smallest absolute Gasteiger partial charge is 0.142 e. The maximum absolute atomic E-state index is 9.77. The van der Waals surface area contributed by atoms with Crippen LogP contribution in [-0.4, -0.2) is 4.98 Å². The van der Waals surface area contributed by atoms with E-state index >= 15 is 0 Å². The van der Waals surface area contributed by atoms with E-state index in [0.717, 1.165) is 37.9 Å². The Hall–Kier alpha value is -2.39. The summed E-state index contributed by atoms with van der Waals surface area (Å²) in [5.74, 6) is 0.300. The van der Waals surface area contributed by atoms with Crippen LogP contribution >= 0.6 is 22.6 Å². The van der Waals surface area contributed by atoms with E-state index in [0.29, 0.717) is 11.4 Å². The molecule has 1 aliphatic rings. The van der Waals surface area contributed by atoms with Crippen LogP contribution in [0.25, 0.3) is 22.4 Å². The monoisotopic (exact) mass is 451 g/mol. The first kappa shape index (κ1) is 17.0. The van der Waals surface area contributed by atoms with Gasteiger partial charge in [0.25, 0.3) is 0 Å². The fourth-order valence-corrected chi connectivity index (χ4v) is 4.26. The predicted octanol–water partition coefficient (Wildman–Crippen LogP) is 5.31. The van der Waals surface area contributed by atoms with Crippen molar-refractivity contribution in [2.75, 3.05) is 5.73 Å². The molecule has 0 radical (unpaired) electrons. The van der Waals surface area contributed by atoms with Crippen LogP contribution in [0.5, 0.6) is 0 Å². The van der Waals surface area contributed by atoms with Gasteiger partial charge in [0.1, 0.15) is 17.5 Å². The Morgan fingerprint density at radius 1 is 1.12 bits per heavy atom. The fourth-order valence-electron chi connectivity index (χ4n) is 3.90. The molecule has 0 aliphatic heterocycles. The molecule has 128 valence electrons. The molecule has 1 aliphatic carbocycles. The maximum Gasteiger partial charge on any atom is 0.142 e. The van der Waals surface area contributed by atoms with E-state index in [1.165, 1.54) is 5.56 Å². The number of rotatable bonds is 1. The Morgan fingerprint density at radius 3 is 2.50 bits per heavy atom. The Bertz CT molecular complexity index is 1060. The molecule has 2 aromatic carbocycles. The number of nitriles is 1. The number of nitrogen functional groups attached to an aromatic ring is 1. The topological polar surface area (TPSA) is 62.7 Å². The number of anilines is 1. The Balaban J connectivity index is 2.10. The van der Waals surface area contributed by atoms with Crippen molar-refractivity contribution in [3.8, 4) is 28.5 Å². The number of hydrogen-bond donors (Lipinski definition) is 1. The van der Waals surface area contributed by atoms with Crippen LogP contribution in [0.4, 0.5) is 5.82 Å². The summed E-state index contributed by atoms with van der Waals surface area (Å²) in [5, 5.41) is 9.77. The summed E-state index contributed by atoms with van der Waals surface area (Å²) in [6, 6.07) is 18.9. The summed E-state index contributed by atoms with van der Waals surface area (Å²) in [4.78, 5) is 4.65. The third-order valence-corrected chi connectivity index (χ3v) is 5.82. The van der Waals surface area contributed by atoms with Crippen molar-refractivity contribution in [1.29, 1.82) is 5.26 Å². The third-order valence-electron chi connectivity index (χ3n) is 5.10. The van der Waals surface area contributed by atoms with Gasteiger partial charge in [-0.15, -0.1) is 0 Å². The lowest BCUT2D eigenvalue weighted by atomic mass is 9.70. The average molecular weight is 451 g/mol.